The molecule has 0 fully saturated rings. The number of amides is 1. The smallest absolute Gasteiger partial charge is 0.274 e. The van der Waals surface area contributed by atoms with E-state index in [2.05, 4.69) is 4.98 Å². The van der Waals surface area contributed by atoms with Crippen LogP contribution >= 0.6 is 0 Å². The number of fused-ring (bicyclic) bond motifs is 1. The Morgan fingerprint density at radius 2 is 2.25 bits per heavy atom. The van der Waals surface area contributed by atoms with Crippen molar-refractivity contribution in [1.29, 1.82) is 0 Å². The van der Waals surface area contributed by atoms with Crippen LogP contribution in [0.3, 0.4) is 0 Å². The van der Waals surface area contributed by atoms with E-state index in [1.165, 1.54) is 17.7 Å². The van der Waals surface area contributed by atoms with E-state index < -0.39 is 11.7 Å². The van der Waals surface area contributed by atoms with Gasteiger partial charge >= 0.3 is 0 Å². The highest BCUT2D eigenvalue weighted by molar-refractivity contribution is 5.98. The summed E-state index contributed by atoms with van der Waals surface area (Å²) in [7, 11) is 0. The summed E-state index contributed by atoms with van der Waals surface area (Å²) in [4.78, 5) is 15.1. The summed E-state index contributed by atoms with van der Waals surface area (Å²) in [6.45, 7) is 1.80. The van der Waals surface area contributed by atoms with E-state index in [4.69, 9.17) is 5.21 Å². The lowest BCUT2D eigenvalue weighted by Gasteiger charge is -2.05. The molecule has 1 heterocycles. The molecule has 0 spiro atoms. The standard InChI is InChI=1S/C11H9FN2O2/c1-6-2-3-13-10-8(6)4-7(5-9(10)12)11(15)14-16/h2-5,16H,1H3,(H,14,15). The number of pyridine rings is 1. The fraction of sp³-hybridized carbons (Fsp3) is 0.0909. The second kappa shape index (κ2) is 3.86. The van der Waals surface area contributed by atoms with Gasteiger partial charge in [0.05, 0.1) is 0 Å². The maximum absolute atomic E-state index is 13.6. The first kappa shape index (κ1) is 10.5. The Morgan fingerprint density at radius 3 is 2.94 bits per heavy atom. The van der Waals surface area contributed by atoms with Crippen molar-refractivity contribution < 1.29 is 14.4 Å². The van der Waals surface area contributed by atoms with Crippen molar-refractivity contribution in [3.63, 3.8) is 0 Å². The molecule has 0 radical (unpaired) electrons. The molecule has 1 amide bonds. The third-order valence-corrected chi connectivity index (χ3v) is 2.38. The molecule has 0 bridgehead atoms. The minimum absolute atomic E-state index is 0.0589. The van der Waals surface area contributed by atoms with Crippen LogP contribution in [0.2, 0.25) is 0 Å². The Hall–Kier alpha value is -2.01. The fourth-order valence-electron chi connectivity index (χ4n) is 1.54. The number of carbonyl (C=O) groups is 1. The first-order valence-electron chi connectivity index (χ1n) is 4.63. The van der Waals surface area contributed by atoms with Crippen LogP contribution < -0.4 is 5.48 Å². The van der Waals surface area contributed by atoms with E-state index in [0.29, 0.717) is 5.39 Å². The van der Waals surface area contributed by atoms with Crippen molar-refractivity contribution in [2.45, 2.75) is 6.92 Å². The average molecular weight is 220 g/mol. The molecule has 1 aromatic heterocycles. The molecule has 2 N–H and O–H groups in total. The van der Waals surface area contributed by atoms with E-state index in [1.807, 2.05) is 0 Å². The molecule has 0 saturated carbocycles. The van der Waals surface area contributed by atoms with Crippen molar-refractivity contribution in [2.75, 3.05) is 0 Å². The molecule has 2 aromatic rings. The molecule has 82 valence electrons. The largest absolute Gasteiger partial charge is 0.288 e. The van der Waals surface area contributed by atoms with Gasteiger partial charge in [0.1, 0.15) is 11.3 Å². The predicted molar refractivity (Wildman–Crippen MR) is 55.7 cm³/mol. The topological polar surface area (TPSA) is 62.2 Å². The van der Waals surface area contributed by atoms with Crippen LogP contribution in [0.4, 0.5) is 4.39 Å². The van der Waals surface area contributed by atoms with Crippen LogP contribution in [0.25, 0.3) is 10.9 Å². The monoisotopic (exact) mass is 220 g/mol. The number of hydrogen-bond donors (Lipinski definition) is 2. The third kappa shape index (κ3) is 1.61. The maximum Gasteiger partial charge on any atom is 0.274 e. The highest BCUT2D eigenvalue weighted by Crippen LogP contribution is 2.20. The number of nitrogens with one attached hydrogen (secondary N) is 1. The summed E-state index contributed by atoms with van der Waals surface area (Å²) in [6, 6.07) is 4.26. The van der Waals surface area contributed by atoms with E-state index in [-0.39, 0.29) is 11.1 Å². The predicted octanol–water partition coefficient (Wildman–Crippen LogP) is 1.80. The minimum atomic E-state index is -0.746. The van der Waals surface area contributed by atoms with Gasteiger partial charge in [-0.15, -0.1) is 0 Å². The summed E-state index contributed by atoms with van der Waals surface area (Å²) >= 11 is 0. The Balaban J connectivity index is 2.75. The number of hydrogen-bond acceptors (Lipinski definition) is 3. The molecule has 5 heteroatoms. The number of halogens is 1. The molecule has 16 heavy (non-hydrogen) atoms. The molecular formula is C11H9FN2O2. The molecule has 0 atom stereocenters. The number of aryl methyl sites for hydroxylation is 1. The van der Waals surface area contributed by atoms with Crippen molar-refractivity contribution in [1.82, 2.24) is 10.5 Å². The minimum Gasteiger partial charge on any atom is -0.288 e. The molecule has 0 unspecified atom stereocenters. The van der Waals surface area contributed by atoms with Crippen LogP contribution in [0.1, 0.15) is 15.9 Å². The lowest BCUT2D eigenvalue weighted by Crippen LogP contribution is -2.18. The van der Waals surface area contributed by atoms with Crippen LogP contribution in [-0.4, -0.2) is 16.1 Å². The lowest BCUT2D eigenvalue weighted by molar-refractivity contribution is 0.0706. The van der Waals surface area contributed by atoms with Gasteiger partial charge in [-0.2, -0.15) is 0 Å². The number of carbonyl (C=O) groups excluding carboxylic acids is 1. The second-order valence-electron chi connectivity index (χ2n) is 3.42. The number of hydroxylamine groups is 1. The third-order valence-electron chi connectivity index (χ3n) is 2.38. The van der Waals surface area contributed by atoms with Gasteiger partial charge in [-0.05, 0) is 30.7 Å². The molecular weight excluding hydrogens is 211 g/mol. The molecule has 0 aliphatic carbocycles. The van der Waals surface area contributed by atoms with Gasteiger partial charge in [-0.25, -0.2) is 9.87 Å². The van der Waals surface area contributed by atoms with Gasteiger partial charge in [0.2, 0.25) is 0 Å². The Morgan fingerprint density at radius 1 is 1.50 bits per heavy atom. The average Bonchev–Trinajstić information content (AvgIpc) is 2.29. The zero-order chi connectivity index (χ0) is 11.7. The summed E-state index contributed by atoms with van der Waals surface area (Å²) < 4.78 is 13.6. The zero-order valence-electron chi connectivity index (χ0n) is 8.49. The molecule has 4 nitrogen and oxygen atoms in total. The molecule has 0 aliphatic rings. The summed E-state index contributed by atoms with van der Waals surface area (Å²) in [5.74, 6) is -1.33. The molecule has 2 rings (SSSR count). The highest BCUT2D eigenvalue weighted by Gasteiger charge is 2.11. The zero-order valence-corrected chi connectivity index (χ0v) is 8.49. The van der Waals surface area contributed by atoms with Gasteiger partial charge in [0.15, 0.2) is 0 Å². The Kier molecular flexibility index (Phi) is 2.54. The van der Waals surface area contributed by atoms with Crippen LogP contribution in [0.5, 0.6) is 0 Å². The van der Waals surface area contributed by atoms with Gasteiger partial charge < -0.3 is 0 Å². The summed E-state index contributed by atoms with van der Waals surface area (Å²) in [6.07, 6.45) is 1.51. The molecule has 0 saturated heterocycles. The fourth-order valence-corrected chi connectivity index (χ4v) is 1.54. The SMILES string of the molecule is Cc1ccnc2c(F)cc(C(=O)NO)cc12. The van der Waals surface area contributed by atoms with Gasteiger partial charge in [0, 0.05) is 17.1 Å². The maximum atomic E-state index is 13.6. The normalized spacial score (nSPS) is 10.4. The first-order valence-corrected chi connectivity index (χ1v) is 4.63. The van der Waals surface area contributed by atoms with Gasteiger partial charge in [0.25, 0.3) is 5.91 Å². The first-order chi connectivity index (χ1) is 7.63. The molecule has 0 aliphatic heterocycles. The second-order valence-corrected chi connectivity index (χ2v) is 3.42. The van der Waals surface area contributed by atoms with Crippen LogP contribution in [0, 0.1) is 12.7 Å². The van der Waals surface area contributed by atoms with Crippen molar-refractivity contribution >= 4 is 16.8 Å². The summed E-state index contributed by atoms with van der Waals surface area (Å²) in [5, 5.41) is 9.04. The van der Waals surface area contributed by atoms with E-state index in [9.17, 15) is 9.18 Å². The van der Waals surface area contributed by atoms with Crippen LogP contribution in [-0.2, 0) is 0 Å². The summed E-state index contributed by atoms with van der Waals surface area (Å²) in [5.41, 5.74) is 2.56. The number of benzene rings is 1. The number of aromatic nitrogens is 1. The van der Waals surface area contributed by atoms with E-state index >= 15 is 0 Å². The number of rotatable bonds is 1. The van der Waals surface area contributed by atoms with E-state index in [0.717, 1.165) is 11.6 Å². The van der Waals surface area contributed by atoms with Gasteiger partial charge in [-0.1, -0.05) is 0 Å². The highest BCUT2D eigenvalue weighted by atomic mass is 19.1. The van der Waals surface area contributed by atoms with Crippen molar-refractivity contribution in [3.8, 4) is 0 Å². The molecule has 1 aromatic carbocycles. The van der Waals surface area contributed by atoms with Crippen LogP contribution in [0.15, 0.2) is 24.4 Å². The quantitative estimate of drug-likeness (QED) is 0.569. The lowest BCUT2D eigenvalue weighted by atomic mass is 10.1. The van der Waals surface area contributed by atoms with Crippen molar-refractivity contribution in [2.24, 2.45) is 0 Å². The number of nitrogens with zero attached hydrogens (tertiary/aromatic N) is 1. The van der Waals surface area contributed by atoms with E-state index in [1.54, 1.807) is 13.0 Å². The Bertz CT molecular complexity index is 569. The Labute approximate surface area is 90.7 Å². The van der Waals surface area contributed by atoms with Gasteiger partial charge in [-0.3, -0.25) is 15.0 Å². The van der Waals surface area contributed by atoms with Crippen molar-refractivity contribution in [3.05, 3.63) is 41.3 Å².